The van der Waals surface area contributed by atoms with Crippen LogP contribution in [0.1, 0.15) is 59.1 Å². The zero-order chi connectivity index (χ0) is 24.4. The van der Waals surface area contributed by atoms with Gasteiger partial charge in [0.25, 0.3) is 5.91 Å². The van der Waals surface area contributed by atoms with Gasteiger partial charge in [-0.25, -0.2) is 9.59 Å². The fourth-order valence-corrected chi connectivity index (χ4v) is 3.66. The lowest BCUT2D eigenvalue weighted by atomic mass is 9.93. The first-order valence-electron chi connectivity index (χ1n) is 11.5. The van der Waals surface area contributed by atoms with Crippen molar-refractivity contribution in [3.05, 3.63) is 35.0 Å². The second-order valence-corrected chi connectivity index (χ2v) is 7.39. The van der Waals surface area contributed by atoms with E-state index < -0.39 is 12.0 Å². The largest absolute Gasteiger partial charge is 0.490 e. The van der Waals surface area contributed by atoms with Crippen molar-refractivity contribution in [2.45, 2.75) is 53.5 Å². The van der Waals surface area contributed by atoms with E-state index in [9.17, 15) is 14.4 Å². The van der Waals surface area contributed by atoms with Crippen molar-refractivity contribution >= 4 is 17.9 Å². The lowest BCUT2D eigenvalue weighted by Crippen LogP contribution is -2.46. The average Bonchev–Trinajstić information content (AvgIpc) is 2.79. The van der Waals surface area contributed by atoms with Gasteiger partial charge in [-0.05, 0) is 51.8 Å². The maximum atomic E-state index is 12.8. The van der Waals surface area contributed by atoms with E-state index in [4.69, 9.17) is 14.2 Å². The van der Waals surface area contributed by atoms with Crippen molar-refractivity contribution in [3.63, 3.8) is 0 Å². The molecule has 0 radical (unpaired) electrons. The summed E-state index contributed by atoms with van der Waals surface area (Å²) in [5.74, 6) is 0.239. The number of urea groups is 1. The minimum absolute atomic E-state index is 0.111. The molecule has 2 N–H and O–H groups in total. The number of nitrogens with zero attached hydrogens (tertiary/aromatic N) is 1. The number of hydrogen-bond donors (Lipinski definition) is 2. The first-order valence-corrected chi connectivity index (χ1v) is 11.5. The molecule has 3 amide bonds. The molecule has 0 bridgehead atoms. The van der Waals surface area contributed by atoms with Gasteiger partial charge < -0.3 is 29.7 Å². The van der Waals surface area contributed by atoms with Crippen LogP contribution >= 0.6 is 0 Å². The van der Waals surface area contributed by atoms with Crippen LogP contribution in [0.5, 0.6) is 11.5 Å². The van der Waals surface area contributed by atoms with Gasteiger partial charge >= 0.3 is 12.0 Å². The Hall–Kier alpha value is -3.23. The standard InChI is InChI=1S/C24H35N3O6/c1-6-11-17-21(23(29)32-10-5)22(26-24(30)25-17)16-12-13-18(19(14-16)31-9-4)33-15-20(28)27(7-2)8-3/h12-14,22H,6-11,15H2,1-5H3,(H2,25,26,30). The molecule has 33 heavy (non-hydrogen) atoms. The Morgan fingerprint density at radius 1 is 1.00 bits per heavy atom. The van der Waals surface area contributed by atoms with Gasteiger partial charge in [0.2, 0.25) is 0 Å². The summed E-state index contributed by atoms with van der Waals surface area (Å²) in [5, 5.41) is 5.56. The quantitative estimate of drug-likeness (QED) is 0.463. The van der Waals surface area contributed by atoms with Crippen LogP contribution in [0.3, 0.4) is 0 Å². The number of ether oxygens (including phenoxy) is 3. The average molecular weight is 462 g/mol. The number of carbonyl (C=O) groups is 3. The molecular formula is C24H35N3O6. The molecule has 9 nitrogen and oxygen atoms in total. The Bertz CT molecular complexity index is 879. The zero-order valence-corrected chi connectivity index (χ0v) is 20.2. The van der Waals surface area contributed by atoms with Crippen LogP contribution in [0.4, 0.5) is 4.79 Å². The number of carbonyl (C=O) groups excluding carboxylic acids is 3. The number of likely N-dealkylation sites (N-methyl/N-ethyl adjacent to an activating group) is 1. The molecule has 0 saturated carbocycles. The highest BCUT2D eigenvalue weighted by Gasteiger charge is 2.33. The van der Waals surface area contributed by atoms with Gasteiger partial charge in [-0.15, -0.1) is 0 Å². The second kappa shape index (κ2) is 12.7. The molecule has 1 aliphatic rings. The monoisotopic (exact) mass is 461 g/mol. The number of allylic oxidation sites excluding steroid dienone is 1. The third-order valence-electron chi connectivity index (χ3n) is 5.22. The van der Waals surface area contributed by atoms with Crippen LogP contribution in [-0.4, -0.2) is 55.7 Å². The zero-order valence-electron chi connectivity index (χ0n) is 20.2. The highest BCUT2D eigenvalue weighted by Crippen LogP contribution is 2.35. The Morgan fingerprint density at radius 2 is 1.73 bits per heavy atom. The number of rotatable bonds is 12. The lowest BCUT2D eigenvalue weighted by Gasteiger charge is -2.29. The molecule has 0 saturated heterocycles. The van der Waals surface area contributed by atoms with Crippen LogP contribution in [-0.2, 0) is 14.3 Å². The molecule has 2 rings (SSSR count). The van der Waals surface area contributed by atoms with Gasteiger partial charge in [0.1, 0.15) is 0 Å². The summed E-state index contributed by atoms with van der Waals surface area (Å²) in [4.78, 5) is 39.1. The van der Waals surface area contributed by atoms with E-state index in [0.29, 0.717) is 54.4 Å². The molecule has 1 atom stereocenters. The summed E-state index contributed by atoms with van der Waals surface area (Å²) in [6.45, 7) is 11.1. The minimum Gasteiger partial charge on any atom is -0.490 e. The van der Waals surface area contributed by atoms with Gasteiger partial charge in [-0.1, -0.05) is 19.4 Å². The Labute approximate surface area is 195 Å². The second-order valence-electron chi connectivity index (χ2n) is 7.39. The molecule has 1 aromatic rings. The van der Waals surface area contributed by atoms with E-state index in [1.54, 1.807) is 30.0 Å². The van der Waals surface area contributed by atoms with E-state index in [1.807, 2.05) is 27.7 Å². The maximum absolute atomic E-state index is 12.8. The Kier molecular flexibility index (Phi) is 10.0. The predicted molar refractivity (Wildman–Crippen MR) is 124 cm³/mol. The van der Waals surface area contributed by atoms with Crippen LogP contribution in [0.15, 0.2) is 29.5 Å². The molecule has 9 heteroatoms. The van der Waals surface area contributed by atoms with Crippen molar-refractivity contribution < 1.29 is 28.6 Å². The highest BCUT2D eigenvalue weighted by molar-refractivity contribution is 5.95. The van der Waals surface area contributed by atoms with E-state index >= 15 is 0 Å². The molecule has 1 unspecified atom stereocenters. The lowest BCUT2D eigenvalue weighted by molar-refractivity contribution is -0.139. The molecular weight excluding hydrogens is 426 g/mol. The molecule has 1 aliphatic heterocycles. The molecule has 0 aliphatic carbocycles. The molecule has 1 heterocycles. The van der Waals surface area contributed by atoms with Crippen molar-refractivity contribution in [3.8, 4) is 11.5 Å². The van der Waals surface area contributed by atoms with Gasteiger partial charge in [0.05, 0.1) is 24.8 Å². The SMILES string of the molecule is CCCC1=C(C(=O)OCC)C(c2ccc(OCC(=O)N(CC)CC)c(OCC)c2)NC(=O)N1. The molecule has 0 fully saturated rings. The van der Waals surface area contributed by atoms with Gasteiger partial charge in [0, 0.05) is 18.8 Å². The molecule has 182 valence electrons. The van der Waals surface area contributed by atoms with E-state index in [1.165, 1.54) is 0 Å². The normalized spacial score (nSPS) is 15.4. The first-order chi connectivity index (χ1) is 15.9. The smallest absolute Gasteiger partial charge is 0.338 e. The van der Waals surface area contributed by atoms with Crippen LogP contribution in [0.25, 0.3) is 0 Å². The van der Waals surface area contributed by atoms with Crippen molar-refractivity contribution in [2.75, 3.05) is 32.9 Å². The maximum Gasteiger partial charge on any atom is 0.338 e. The van der Waals surface area contributed by atoms with Gasteiger partial charge in [-0.3, -0.25) is 4.79 Å². The molecule has 1 aromatic carbocycles. The third-order valence-corrected chi connectivity index (χ3v) is 5.22. The van der Waals surface area contributed by atoms with Crippen LogP contribution < -0.4 is 20.1 Å². The fraction of sp³-hybridized carbons (Fsp3) is 0.542. The summed E-state index contributed by atoms with van der Waals surface area (Å²) >= 11 is 0. The number of nitrogens with one attached hydrogen (secondary N) is 2. The number of hydrogen-bond acceptors (Lipinski definition) is 6. The van der Waals surface area contributed by atoms with Crippen LogP contribution in [0, 0.1) is 0 Å². The van der Waals surface area contributed by atoms with Gasteiger partial charge in [0.15, 0.2) is 18.1 Å². The summed E-state index contributed by atoms with van der Waals surface area (Å²) in [6.07, 6.45) is 1.29. The third kappa shape index (κ3) is 6.63. The number of amides is 3. The fourth-order valence-electron chi connectivity index (χ4n) is 3.66. The summed E-state index contributed by atoms with van der Waals surface area (Å²) in [6, 6.07) is 4.06. The first kappa shape index (κ1) is 26.0. The predicted octanol–water partition coefficient (Wildman–Crippen LogP) is 3.30. The molecule has 0 aromatic heterocycles. The van der Waals surface area contributed by atoms with E-state index in [2.05, 4.69) is 10.6 Å². The van der Waals surface area contributed by atoms with Crippen molar-refractivity contribution in [1.29, 1.82) is 0 Å². The van der Waals surface area contributed by atoms with Gasteiger partial charge in [-0.2, -0.15) is 0 Å². The number of benzene rings is 1. The molecule has 0 spiro atoms. The van der Waals surface area contributed by atoms with E-state index in [0.717, 1.165) is 6.42 Å². The summed E-state index contributed by atoms with van der Waals surface area (Å²) in [7, 11) is 0. The van der Waals surface area contributed by atoms with E-state index in [-0.39, 0.29) is 25.2 Å². The van der Waals surface area contributed by atoms with Crippen molar-refractivity contribution in [1.82, 2.24) is 15.5 Å². The Morgan fingerprint density at radius 3 is 2.33 bits per heavy atom. The minimum atomic E-state index is -0.704. The summed E-state index contributed by atoms with van der Waals surface area (Å²) in [5.41, 5.74) is 1.56. The topological polar surface area (TPSA) is 106 Å². The number of esters is 1. The Balaban J connectivity index is 2.40. The summed E-state index contributed by atoms with van der Waals surface area (Å²) < 4.78 is 16.8. The van der Waals surface area contributed by atoms with Crippen LogP contribution in [0.2, 0.25) is 0 Å². The highest BCUT2D eigenvalue weighted by atomic mass is 16.5. The van der Waals surface area contributed by atoms with Crippen molar-refractivity contribution in [2.24, 2.45) is 0 Å².